The Morgan fingerprint density at radius 1 is 1.08 bits per heavy atom. The summed E-state index contributed by atoms with van der Waals surface area (Å²) in [6.07, 6.45) is -4.83. The molecular weight excluding hydrogens is 536 g/mol. The number of aliphatic hydroxyl groups is 1. The molecule has 1 aliphatic rings. The molecule has 1 fully saturated rings. The molecule has 3 aromatic rings. The topological polar surface area (TPSA) is 60.9 Å². The molecule has 2 aromatic carbocycles. The molecule has 12 heteroatoms. The van der Waals surface area contributed by atoms with Gasteiger partial charge in [0.05, 0.1) is 6.04 Å². The number of halogens is 4. The predicted octanol–water partition coefficient (Wildman–Crippen LogP) is 5.33. The Morgan fingerprint density at radius 2 is 1.81 bits per heavy atom. The first-order chi connectivity index (χ1) is 16.9. The predicted molar refractivity (Wildman–Crippen MR) is 133 cm³/mol. The van der Waals surface area contributed by atoms with E-state index in [1.807, 2.05) is 4.90 Å². The second kappa shape index (κ2) is 10.3. The van der Waals surface area contributed by atoms with Gasteiger partial charge < -0.3 is 10.0 Å². The van der Waals surface area contributed by atoms with E-state index in [0.717, 1.165) is 11.3 Å². The van der Waals surface area contributed by atoms with Crippen molar-refractivity contribution in [3.63, 3.8) is 0 Å². The molecule has 1 aromatic heterocycles. The van der Waals surface area contributed by atoms with Crippen molar-refractivity contribution < 1.29 is 31.1 Å². The Kier molecular flexibility index (Phi) is 7.73. The van der Waals surface area contributed by atoms with Crippen LogP contribution in [0.15, 0.2) is 75.1 Å². The molecule has 1 aliphatic heterocycles. The summed E-state index contributed by atoms with van der Waals surface area (Å²) in [6, 6.07) is 14.4. The van der Waals surface area contributed by atoms with Crippen molar-refractivity contribution in [2.45, 2.75) is 33.8 Å². The lowest BCUT2D eigenvalue weighted by atomic mass is 9.95. The van der Waals surface area contributed by atoms with E-state index in [1.54, 1.807) is 29.6 Å². The van der Waals surface area contributed by atoms with Gasteiger partial charge in [0, 0.05) is 36.0 Å². The van der Waals surface area contributed by atoms with Crippen molar-refractivity contribution in [1.82, 2.24) is 4.31 Å². The Morgan fingerprint density at radius 3 is 2.42 bits per heavy atom. The summed E-state index contributed by atoms with van der Waals surface area (Å²) in [4.78, 5) is 2.63. The van der Waals surface area contributed by atoms with Gasteiger partial charge in [-0.15, -0.1) is 23.1 Å². The summed E-state index contributed by atoms with van der Waals surface area (Å²) in [5, 5.41) is 11.7. The van der Waals surface area contributed by atoms with E-state index >= 15 is 0 Å². The number of anilines is 1. The standard InChI is InChI=1S/C24H24F4N2O3S3/c1-23(31,24(26,27)28)17-7-9-19(10-8-17)30-12-11-29(36(32,33)22-6-3-13-34-22)15-20(30)16-35-21-5-2-4-18(25)14-21/h2-10,13-14,20,31H,11-12,15-16H2,1H3/t20-,23-/m1/s1. The highest BCUT2D eigenvalue weighted by molar-refractivity contribution is 7.99. The van der Waals surface area contributed by atoms with E-state index in [4.69, 9.17) is 0 Å². The van der Waals surface area contributed by atoms with Gasteiger partial charge in [0.2, 0.25) is 0 Å². The number of alkyl halides is 3. The number of benzene rings is 2. The molecule has 1 saturated heterocycles. The molecule has 0 radical (unpaired) electrons. The molecular formula is C24H24F4N2O3S3. The SMILES string of the molecule is C[C@@](O)(c1ccc(N2CCN(S(=O)(=O)c3cccs3)C[C@@H]2CSc2cccc(F)c2)cc1)C(F)(F)F. The summed E-state index contributed by atoms with van der Waals surface area (Å²) >= 11 is 2.51. The maximum Gasteiger partial charge on any atom is 0.421 e. The monoisotopic (exact) mass is 560 g/mol. The van der Waals surface area contributed by atoms with Crippen LogP contribution in [0.4, 0.5) is 23.2 Å². The summed E-state index contributed by atoms with van der Waals surface area (Å²) < 4.78 is 81.3. The Hall–Kier alpha value is -2.12. The maximum absolute atomic E-state index is 13.7. The van der Waals surface area contributed by atoms with Crippen LogP contribution in [0.1, 0.15) is 12.5 Å². The maximum atomic E-state index is 13.7. The second-order valence-corrected chi connectivity index (χ2v) is 12.7. The van der Waals surface area contributed by atoms with Crippen molar-refractivity contribution in [3.8, 4) is 0 Å². The number of nitrogens with zero attached hydrogens (tertiary/aromatic N) is 2. The van der Waals surface area contributed by atoms with Crippen LogP contribution in [0.3, 0.4) is 0 Å². The number of piperazine rings is 1. The van der Waals surface area contributed by atoms with Gasteiger partial charge in [-0.1, -0.05) is 24.3 Å². The number of thiophene rings is 1. The van der Waals surface area contributed by atoms with Crippen molar-refractivity contribution in [1.29, 1.82) is 0 Å². The third kappa shape index (κ3) is 5.57. The Labute approximate surface area is 215 Å². The lowest BCUT2D eigenvalue weighted by molar-refractivity contribution is -0.258. The number of rotatable bonds is 7. The highest BCUT2D eigenvalue weighted by Gasteiger charge is 2.51. The van der Waals surface area contributed by atoms with E-state index in [2.05, 4.69) is 0 Å². The lowest BCUT2D eigenvalue weighted by Crippen LogP contribution is -2.55. The van der Waals surface area contributed by atoms with Gasteiger partial charge in [0.25, 0.3) is 10.0 Å². The Bertz CT molecular complexity index is 1280. The summed E-state index contributed by atoms with van der Waals surface area (Å²) in [5.41, 5.74) is -2.68. The average Bonchev–Trinajstić information content (AvgIpc) is 3.38. The second-order valence-electron chi connectivity index (χ2n) is 8.53. The van der Waals surface area contributed by atoms with Gasteiger partial charge in [0.1, 0.15) is 10.0 Å². The van der Waals surface area contributed by atoms with E-state index in [1.165, 1.54) is 52.5 Å². The fourth-order valence-electron chi connectivity index (χ4n) is 3.96. The largest absolute Gasteiger partial charge is 0.421 e. The van der Waals surface area contributed by atoms with E-state index in [0.29, 0.717) is 29.8 Å². The van der Waals surface area contributed by atoms with Crippen LogP contribution < -0.4 is 4.90 Å². The first-order valence-electron chi connectivity index (χ1n) is 11.0. The van der Waals surface area contributed by atoms with Gasteiger partial charge in [-0.05, 0) is 54.3 Å². The number of hydrogen-bond donors (Lipinski definition) is 1. The van der Waals surface area contributed by atoms with Crippen LogP contribution in [0, 0.1) is 5.82 Å². The van der Waals surface area contributed by atoms with Crippen LogP contribution in [0.5, 0.6) is 0 Å². The zero-order valence-electron chi connectivity index (χ0n) is 19.2. The quantitative estimate of drug-likeness (QED) is 0.313. The van der Waals surface area contributed by atoms with E-state index in [9.17, 15) is 31.1 Å². The van der Waals surface area contributed by atoms with Crippen molar-refractivity contribution in [2.75, 3.05) is 30.3 Å². The summed E-state index contributed by atoms with van der Waals surface area (Å²) in [6.45, 7) is 1.37. The number of sulfonamides is 1. The van der Waals surface area contributed by atoms with Crippen molar-refractivity contribution in [2.24, 2.45) is 0 Å². The molecule has 0 amide bonds. The fraction of sp³-hybridized carbons (Fsp3) is 0.333. The van der Waals surface area contributed by atoms with Crippen LogP contribution in [-0.2, 0) is 15.6 Å². The van der Waals surface area contributed by atoms with Crippen LogP contribution in [0.25, 0.3) is 0 Å². The highest BCUT2D eigenvalue weighted by atomic mass is 32.2. The third-order valence-corrected chi connectivity index (χ3v) is 10.5. The average molecular weight is 561 g/mol. The first-order valence-corrected chi connectivity index (χ1v) is 14.3. The number of hydrogen-bond acceptors (Lipinski definition) is 6. The lowest BCUT2D eigenvalue weighted by Gasteiger charge is -2.42. The van der Waals surface area contributed by atoms with Crippen LogP contribution >= 0.6 is 23.1 Å². The molecule has 1 N–H and O–H groups in total. The molecule has 0 spiro atoms. The Balaban J connectivity index is 1.59. The molecule has 2 atom stereocenters. The normalized spacial score (nSPS) is 19.3. The molecule has 2 heterocycles. The molecule has 5 nitrogen and oxygen atoms in total. The zero-order valence-corrected chi connectivity index (χ0v) is 21.6. The molecule has 194 valence electrons. The minimum absolute atomic E-state index is 0.157. The molecule has 0 saturated carbocycles. The molecule has 0 unspecified atom stereocenters. The van der Waals surface area contributed by atoms with E-state index in [-0.39, 0.29) is 34.7 Å². The van der Waals surface area contributed by atoms with Crippen LogP contribution in [0.2, 0.25) is 0 Å². The summed E-state index contributed by atoms with van der Waals surface area (Å²) in [5.74, 6) is 0.0387. The van der Waals surface area contributed by atoms with Gasteiger partial charge in [0.15, 0.2) is 5.60 Å². The summed E-state index contributed by atoms with van der Waals surface area (Å²) in [7, 11) is -3.69. The van der Waals surface area contributed by atoms with Gasteiger partial charge >= 0.3 is 6.18 Å². The molecule has 0 bridgehead atoms. The fourth-order valence-corrected chi connectivity index (χ4v) is 7.61. The van der Waals surface area contributed by atoms with Crippen molar-refractivity contribution in [3.05, 3.63) is 77.4 Å². The van der Waals surface area contributed by atoms with Gasteiger partial charge in [-0.2, -0.15) is 17.5 Å². The first kappa shape index (κ1) is 26.9. The van der Waals surface area contributed by atoms with Gasteiger partial charge in [-0.25, -0.2) is 12.8 Å². The number of thioether (sulfide) groups is 1. The molecule has 0 aliphatic carbocycles. The van der Waals surface area contributed by atoms with Gasteiger partial charge in [-0.3, -0.25) is 0 Å². The molecule has 4 rings (SSSR count). The third-order valence-electron chi connectivity index (χ3n) is 6.09. The minimum atomic E-state index is -4.83. The smallest absolute Gasteiger partial charge is 0.376 e. The molecule has 36 heavy (non-hydrogen) atoms. The zero-order chi connectivity index (χ0) is 26.1. The van der Waals surface area contributed by atoms with Crippen molar-refractivity contribution >= 4 is 38.8 Å². The van der Waals surface area contributed by atoms with Crippen LogP contribution in [-0.4, -0.2) is 55.4 Å². The minimum Gasteiger partial charge on any atom is -0.376 e. The van der Waals surface area contributed by atoms with E-state index < -0.39 is 21.8 Å². The highest BCUT2D eigenvalue weighted by Crippen LogP contribution is 2.39.